The Morgan fingerprint density at radius 1 is 0.906 bits per heavy atom. The van der Waals surface area contributed by atoms with E-state index in [2.05, 4.69) is 5.32 Å². The molecule has 1 aliphatic heterocycles. The Kier molecular flexibility index (Phi) is 7.18. The summed E-state index contributed by atoms with van der Waals surface area (Å²) < 4.78 is 5.65. The zero-order valence-corrected chi connectivity index (χ0v) is 18.1. The average Bonchev–Trinajstić information content (AvgIpc) is 2.85. The van der Waals surface area contributed by atoms with Crippen molar-refractivity contribution in [3.8, 4) is 16.9 Å². The summed E-state index contributed by atoms with van der Waals surface area (Å²) in [6, 6.07) is 27.3. The number of carbonyl (C=O) groups excluding carboxylic acids is 2. The van der Waals surface area contributed by atoms with Gasteiger partial charge in [-0.3, -0.25) is 9.59 Å². The van der Waals surface area contributed by atoms with Crippen molar-refractivity contribution in [1.29, 1.82) is 0 Å². The van der Waals surface area contributed by atoms with Gasteiger partial charge in [-0.2, -0.15) is 0 Å². The number of amides is 2. The Hall–Kier alpha value is -3.60. The fourth-order valence-corrected chi connectivity index (χ4v) is 4.05. The summed E-state index contributed by atoms with van der Waals surface area (Å²) in [6.45, 7) is 1.47. The average molecular weight is 429 g/mol. The van der Waals surface area contributed by atoms with Crippen molar-refractivity contribution in [2.24, 2.45) is 5.92 Å². The van der Waals surface area contributed by atoms with E-state index in [-0.39, 0.29) is 17.7 Å². The van der Waals surface area contributed by atoms with Crippen molar-refractivity contribution >= 4 is 17.5 Å². The minimum Gasteiger partial charge on any atom is -0.493 e. The van der Waals surface area contributed by atoms with Crippen LogP contribution in [0.15, 0.2) is 84.9 Å². The van der Waals surface area contributed by atoms with Crippen molar-refractivity contribution in [1.82, 2.24) is 4.90 Å². The molecule has 1 heterocycles. The van der Waals surface area contributed by atoms with E-state index in [1.807, 2.05) is 84.9 Å². The molecule has 4 rings (SSSR count). The highest BCUT2D eigenvalue weighted by Gasteiger charge is 2.28. The number of likely N-dealkylation sites (tertiary alicyclic amines) is 1. The van der Waals surface area contributed by atoms with Crippen LogP contribution < -0.4 is 10.1 Å². The van der Waals surface area contributed by atoms with E-state index < -0.39 is 0 Å². The molecule has 0 aliphatic carbocycles. The van der Waals surface area contributed by atoms with Crippen LogP contribution in [0.4, 0.5) is 5.69 Å². The molecule has 5 nitrogen and oxygen atoms in total. The maximum atomic E-state index is 13.0. The molecule has 0 saturated carbocycles. The first-order valence-electron chi connectivity index (χ1n) is 11.1. The second kappa shape index (κ2) is 10.6. The lowest BCUT2D eigenvalue weighted by molar-refractivity contribution is -0.135. The van der Waals surface area contributed by atoms with E-state index in [0.717, 1.165) is 35.4 Å². The van der Waals surface area contributed by atoms with Gasteiger partial charge in [0.15, 0.2) is 0 Å². The lowest BCUT2D eigenvalue weighted by atomic mass is 9.96. The number of carbonyl (C=O) groups is 2. The third-order valence-corrected chi connectivity index (χ3v) is 5.74. The second-order valence-electron chi connectivity index (χ2n) is 7.99. The Morgan fingerprint density at radius 3 is 2.38 bits per heavy atom. The molecule has 0 aromatic heterocycles. The number of anilines is 1. The lowest BCUT2D eigenvalue weighted by Gasteiger charge is -2.32. The zero-order valence-electron chi connectivity index (χ0n) is 18.1. The molecule has 3 aromatic carbocycles. The van der Waals surface area contributed by atoms with Crippen LogP contribution in [0.1, 0.15) is 19.3 Å². The third-order valence-electron chi connectivity index (χ3n) is 5.74. The number of hydrogen-bond acceptors (Lipinski definition) is 3. The lowest BCUT2D eigenvalue weighted by Crippen LogP contribution is -2.44. The predicted octanol–water partition coefficient (Wildman–Crippen LogP) is 5.00. The van der Waals surface area contributed by atoms with Crippen molar-refractivity contribution in [3.63, 3.8) is 0 Å². The quantitative estimate of drug-likeness (QED) is 0.576. The Balaban J connectivity index is 1.33. The minimum absolute atomic E-state index is 0.0307. The molecule has 32 heavy (non-hydrogen) atoms. The van der Waals surface area contributed by atoms with Crippen molar-refractivity contribution < 1.29 is 14.3 Å². The molecule has 1 saturated heterocycles. The van der Waals surface area contributed by atoms with Gasteiger partial charge in [0.1, 0.15) is 5.75 Å². The summed E-state index contributed by atoms with van der Waals surface area (Å²) in [4.78, 5) is 27.5. The van der Waals surface area contributed by atoms with Gasteiger partial charge in [0.25, 0.3) is 0 Å². The summed E-state index contributed by atoms with van der Waals surface area (Å²) in [5.41, 5.74) is 2.84. The predicted molar refractivity (Wildman–Crippen MR) is 126 cm³/mol. The summed E-state index contributed by atoms with van der Waals surface area (Å²) in [5, 5.41) is 3.10. The van der Waals surface area contributed by atoms with Crippen molar-refractivity contribution in [2.45, 2.75) is 19.3 Å². The van der Waals surface area contributed by atoms with Gasteiger partial charge in [-0.1, -0.05) is 66.7 Å². The molecule has 0 radical (unpaired) electrons. The fraction of sp³-hybridized carbons (Fsp3) is 0.259. The molecule has 1 unspecified atom stereocenters. The highest BCUT2D eigenvalue weighted by atomic mass is 16.5. The first-order chi connectivity index (χ1) is 15.7. The summed E-state index contributed by atoms with van der Waals surface area (Å²) in [7, 11) is 0. The van der Waals surface area contributed by atoms with E-state index in [4.69, 9.17) is 4.74 Å². The molecule has 1 aliphatic rings. The molecule has 164 valence electrons. The molecule has 2 amide bonds. The smallest absolute Gasteiger partial charge is 0.229 e. The molecular formula is C27H28N2O3. The Morgan fingerprint density at radius 2 is 1.59 bits per heavy atom. The number of para-hydroxylation sites is 2. The molecule has 1 N–H and O–H groups in total. The minimum atomic E-state index is -0.216. The van der Waals surface area contributed by atoms with Crippen molar-refractivity contribution in [2.75, 3.05) is 25.0 Å². The van der Waals surface area contributed by atoms with Gasteiger partial charge in [0, 0.05) is 24.3 Å². The SMILES string of the molecule is O=C(Nc1ccccc1-c1ccccc1)C1CCCN(C(=O)CCOc2ccccc2)C1. The van der Waals surface area contributed by atoms with Gasteiger partial charge in [-0.05, 0) is 36.6 Å². The number of benzene rings is 3. The van der Waals surface area contributed by atoms with Crippen LogP contribution in [0, 0.1) is 5.92 Å². The molecule has 0 spiro atoms. The van der Waals surface area contributed by atoms with Gasteiger partial charge < -0.3 is 15.0 Å². The standard InChI is InChI=1S/C27H28N2O3/c30-26(17-19-32-23-13-5-2-6-14-23)29-18-9-12-22(20-29)27(31)28-25-16-8-7-15-24(25)21-10-3-1-4-11-21/h1-8,10-11,13-16,22H,9,12,17-20H2,(H,28,31). The van der Waals surface area contributed by atoms with Crippen LogP contribution in [-0.2, 0) is 9.59 Å². The van der Waals surface area contributed by atoms with Crippen molar-refractivity contribution in [3.05, 3.63) is 84.9 Å². The van der Waals surface area contributed by atoms with Gasteiger partial charge in [-0.15, -0.1) is 0 Å². The summed E-state index contributed by atoms with van der Waals surface area (Å²) >= 11 is 0. The summed E-state index contributed by atoms with van der Waals surface area (Å²) in [5.74, 6) is 0.536. The second-order valence-corrected chi connectivity index (χ2v) is 7.99. The van der Waals surface area contributed by atoms with Crippen LogP contribution in [0.3, 0.4) is 0 Å². The molecule has 5 heteroatoms. The van der Waals surface area contributed by atoms with Crippen LogP contribution >= 0.6 is 0 Å². The first-order valence-corrected chi connectivity index (χ1v) is 11.1. The molecular weight excluding hydrogens is 400 g/mol. The number of rotatable bonds is 7. The number of ether oxygens (including phenoxy) is 1. The van der Waals surface area contributed by atoms with Crippen LogP contribution in [-0.4, -0.2) is 36.4 Å². The highest BCUT2D eigenvalue weighted by molar-refractivity contribution is 5.97. The Labute approximate surface area is 189 Å². The summed E-state index contributed by atoms with van der Waals surface area (Å²) in [6.07, 6.45) is 1.91. The fourth-order valence-electron chi connectivity index (χ4n) is 4.05. The maximum absolute atomic E-state index is 13.0. The maximum Gasteiger partial charge on any atom is 0.229 e. The van der Waals surface area contributed by atoms with Gasteiger partial charge >= 0.3 is 0 Å². The van der Waals surface area contributed by atoms with Gasteiger partial charge in [0.2, 0.25) is 11.8 Å². The number of nitrogens with zero attached hydrogens (tertiary/aromatic N) is 1. The number of piperidine rings is 1. The molecule has 0 bridgehead atoms. The Bertz CT molecular complexity index is 1040. The third kappa shape index (κ3) is 5.55. The van der Waals surface area contributed by atoms with Crippen LogP contribution in [0.2, 0.25) is 0 Å². The van der Waals surface area contributed by atoms with Gasteiger partial charge in [-0.25, -0.2) is 0 Å². The zero-order chi connectivity index (χ0) is 22.2. The van der Waals surface area contributed by atoms with E-state index in [1.165, 1.54) is 0 Å². The number of nitrogens with one attached hydrogen (secondary N) is 1. The monoisotopic (exact) mass is 428 g/mol. The number of hydrogen-bond donors (Lipinski definition) is 1. The molecule has 3 aromatic rings. The van der Waals surface area contributed by atoms with E-state index in [0.29, 0.717) is 26.1 Å². The largest absolute Gasteiger partial charge is 0.493 e. The van der Waals surface area contributed by atoms with Crippen LogP contribution in [0.25, 0.3) is 11.1 Å². The topological polar surface area (TPSA) is 58.6 Å². The normalized spacial score (nSPS) is 15.8. The highest BCUT2D eigenvalue weighted by Crippen LogP contribution is 2.29. The first kappa shape index (κ1) is 21.6. The van der Waals surface area contributed by atoms with E-state index in [9.17, 15) is 9.59 Å². The van der Waals surface area contributed by atoms with Crippen LogP contribution in [0.5, 0.6) is 5.75 Å². The molecule has 1 atom stereocenters. The van der Waals surface area contributed by atoms with Gasteiger partial charge in [0.05, 0.1) is 18.9 Å². The molecule has 1 fully saturated rings. The van der Waals surface area contributed by atoms with E-state index >= 15 is 0 Å². The van der Waals surface area contributed by atoms with E-state index in [1.54, 1.807) is 4.90 Å².